The fourth-order valence-electron chi connectivity index (χ4n) is 10.3. The summed E-state index contributed by atoms with van der Waals surface area (Å²) in [5, 5.41) is 34.3. The van der Waals surface area contributed by atoms with E-state index in [9.17, 15) is 15.3 Å². The summed E-state index contributed by atoms with van der Waals surface area (Å²) < 4.78 is 0. The average Bonchev–Trinajstić information content (AvgIpc) is 3.08. The summed E-state index contributed by atoms with van der Waals surface area (Å²) in [5.41, 5.74) is 0.885. The van der Waals surface area contributed by atoms with Crippen LogP contribution in [-0.4, -0.2) is 33.1 Å². The molecule has 4 aliphatic rings. The van der Waals surface area contributed by atoms with Crippen LogP contribution in [0.3, 0.4) is 0 Å². The molecule has 0 spiro atoms. The molecule has 0 saturated heterocycles. The maximum absolute atomic E-state index is 11.8. The molecule has 3 nitrogen and oxygen atoms in total. The van der Waals surface area contributed by atoms with E-state index in [1.165, 1.54) is 18.4 Å². The predicted molar refractivity (Wildman–Crippen MR) is 136 cm³/mol. The largest absolute Gasteiger partial charge is 0.393 e. The van der Waals surface area contributed by atoms with Gasteiger partial charge in [0.1, 0.15) is 0 Å². The first-order valence-corrected chi connectivity index (χ1v) is 13.8. The molecule has 0 aliphatic heterocycles. The molecule has 0 radical (unpaired) electrons. The average molecular weight is 461 g/mol. The SMILES string of the molecule is CC(C)=CCC[C@@](C)(O)C1CC[C@]2(C)C1C(O)CC1[C@@]3(C)CCC(O)C(C)(C)C3CC[C@]12C. The Morgan fingerprint density at radius 2 is 1.55 bits per heavy atom. The number of aliphatic hydroxyl groups excluding tert-OH is 2. The molecule has 4 saturated carbocycles. The lowest BCUT2D eigenvalue weighted by atomic mass is 9.35. The van der Waals surface area contributed by atoms with Crippen LogP contribution in [0.4, 0.5) is 0 Å². The van der Waals surface area contributed by atoms with Gasteiger partial charge in [0.25, 0.3) is 0 Å². The van der Waals surface area contributed by atoms with E-state index in [4.69, 9.17) is 0 Å². The molecule has 0 aromatic rings. The summed E-state index contributed by atoms with van der Waals surface area (Å²) in [7, 11) is 0. The predicted octanol–water partition coefficient (Wildman–Crippen LogP) is 6.50. The van der Waals surface area contributed by atoms with Crippen LogP contribution >= 0.6 is 0 Å². The van der Waals surface area contributed by atoms with Crippen molar-refractivity contribution in [3.05, 3.63) is 11.6 Å². The maximum atomic E-state index is 11.8. The molecule has 4 fully saturated rings. The minimum Gasteiger partial charge on any atom is -0.393 e. The fraction of sp³-hybridized carbons (Fsp3) is 0.933. The van der Waals surface area contributed by atoms with E-state index < -0.39 is 5.60 Å². The molecule has 0 bridgehead atoms. The topological polar surface area (TPSA) is 60.7 Å². The van der Waals surface area contributed by atoms with Crippen molar-refractivity contribution in [1.82, 2.24) is 0 Å². The normalized spacial score (nSPS) is 50.5. The Kier molecular flexibility index (Phi) is 6.28. The van der Waals surface area contributed by atoms with E-state index in [0.29, 0.717) is 11.8 Å². The summed E-state index contributed by atoms with van der Waals surface area (Å²) in [6.07, 6.45) is 10.6. The lowest BCUT2D eigenvalue weighted by Gasteiger charge is -2.70. The second-order valence-electron chi connectivity index (χ2n) is 14.5. The highest BCUT2D eigenvalue weighted by Gasteiger charge is 2.71. The number of allylic oxidation sites excluding steroid dienone is 2. The quantitative estimate of drug-likeness (QED) is 0.420. The summed E-state index contributed by atoms with van der Waals surface area (Å²) in [6.45, 7) is 18.3. The lowest BCUT2D eigenvalue weighted by molar-refractivity contribution is -0.246. The highest BCUT2D eigenvalue weighted by molar-refractivity contribution is 5.20. The Morgan fingerprint density at radius 3 is 2.18 bits per heavy atom. The molecule has 0 aromatic heterocycles. The smallest absolute Gasteiger partial charge is 0.0654 e. The van der Waals surface area contributed by atoms with Crippen LogP contribution in [0.2, 0.25) is 0 Å². The number of fused-ring (bicyclic) bond motifs is 5. The Bertz CT molecular complexity index is 779. The third-order valence-electron chi connectivity index (χ3n) is 12.4. The Labute approximate surface area is 203 Å². The van der Waals surface area contributed by atoms with Crippen molar-refractivity contribution in [2.24, 2.45) is 45.3 Å². The van der Waals surface area contributed by atoms with Crippen LogP contribution in [-0.2, 0) is 0 Å². The van der Waals surface area contributed by atoms with Gasteiger partial charge in [0, 0.05) is 0 Å². The molecule has 3 heteroatoms. The van der Waals surface area contributed by atoms with Gasteiger partial charge in [0.15, 0.2) is 0 Å². The summed E-state index contributed by atoms with van der Waals surface area (Å²) in [6, 6.07) is 0. The van der Waals surface area contributed by atoms with Crippen molar-refractivity contribution >= 4 is 0 Å². The Balaban J connectivity index is 1.66. The first-order valence-electron chi connectivity index (χ1n) is 13.8. The molecule has 4 aliphatic carbocycles. The molecular weight excluding hydrogens is 408 g/mol. The Hall–Kier alpha value is -0.380. The van der Waals surface area contributed by atoms with Gasteiger partial charge in [-0.3, -0.25) is 0 Å². The van der Waals surface area contributed by atoms with E-state index in [1.807, 2.05) is 6.92 Å². The fourth-order valence-corrected chi connectivity index (χ4v) is 10.3. The van der Waals surface area contributed by atoms with Gasteiger partial charge in [-0.15, -0.1) is 0 Å². The molecule has 0 amide bonds. The van der Waals surface area contributed by atoms with Crippen LogP contribution in [0, 0.1) is 45.3 Å². The van der Waals surface area contributed by atoms with Crippen molar-refractivity contribution in [1.29, 1.82) is 0 Å². The van der Waals surface area contributed by atoms with Crippen molar-refractivity contribution in [3.8, 4) is 0 Å². The van der Waals surface area contributed by atoms with Crippen LogP contribution < -0.4 is 0 Å². The van der Waals surface area contributed by atoms with Crippen molar-refractivity contribution in [2.45, 2.75) is 131 Å². The third-order valence-corrected chi connectivity index (χ3v) is 12.4. The summed E-state index contributed by atoms with van der Waals surface area (Å²) in [5.74, 6) is 1.31. The van der Waals surface area contributed by atoms with Crippen LogP contribution in [0.1, 0.15) is 113 Å². The minimum atomic E-state index is -0.739. The first kappa shape index (κ1) is 25.7. The third kappa shape index (κ3) is 3.61. The highest BCUT2D eigenvalue weighted by atomic mass is 16.3. The van der Waals surface area contributed by atoms with Gasteiger partial charge in [-0.2, -0.15) is 0 Å². The van der Waals surface area contributed by atoms with Gasteiger partial charge in [-0.25, -0.2) is 0 Å². The van der Waals surface area contributed by atoms with E-state index in [0.717, 1.165) is 44.9 Å². The van der Waals surface area contributed by atoms with Gasteiger partial charge in [0.05, 0.1) is 17.8 Å². The monoisotopic (exact) mass is 460 g/mol. The van der Waals surface area contributed by atoms with E-state index in [2.05, 4.69) is 54.5 Å². The molecular formula is C30H52O3. The van der Waals surface area contributed by atoms with Crippen molar-refractivity contribution in [3.63, 3.8) is 0 Å². The van der Waals surface area contributed by atoms with E-state index >= 15 is 0 Å². The van der Waals surface area contributed by atoms with Crippen molar-refractivity contribution < 1.29 is 15.3 Å². The molecule has 0 heterocycles. The summed E-state index contributed by atoms with van der Waals surface area (Å²) in [4.78, 5) is 0. The molecule has 0 aromatic carbocycles. The van der Waals surface area contributed by atoms with Crippen LogP contribution in [0.15, 0.2) is 11.6 Å². The van der Waals surface area contributed by atoms with E-state index in [1.54, 1.807) is 0 Å². The number of hydrogen-bond donors (Lipinski definition) is 3. The first-order chi connectivity index (χ1) is 15.1. The summed E-state index contributed by atoms with van der Waals surface area (Å²) >= 11 is 0. The standard InChI is InChI=1S/C30H52O3/c1-19(2)10-9-14-30(8,33)20-11-16-29(7)25(20)21(31)18-23-27(5)15-13-24(32)26(3,4)22(27)12-17-28(23,29)6/h10,20-25,31-33H,9,11-18H2,1-8H3/t20?,21?,22?,23?,24?,25?,27-,28+,29+,30+/m0/s1. The lowest BCUT2D eigenvalue weighted by Crippen LogP contribution is -2.66. The molecule has 33 heavy (non-hydrogen) atoms. The Morgan fingerprint density at radius 1 is 0.909 bits per heavy atom. The zero-order valence-electron chi connectivity index (χ0n) is 22.7. The second-order valence-corrected chi connectivity index (χ2v) is 14.5. The van der Waals surface area contributed by atoms with Gasteiger partial charge in [-0.1, -0.05) is 46.3 Å². The maximum Gasteiger partial charge on any atom is 0.0654 e. The molecule has 10 atom stereocenters. The second kappa shape index (κ2) is 8.07. The molecule has 6 unspecified atom stereocenters. The number of hydrogen-bond acceptors (Lipinski definition) is 3. The van der Waals surface area contributed by atoms with Crippen molar-refractivity contribution in [2.75, 3.05) is 0 Å². The van der Waals surface area contributed by atoms with E-state index in [-0.39, 0.29) is 45.7 Å². The van der Waals surface area contributed by atoms with Gasteiger partial charge < -0.3 is 15.3 Å². The zero-order valence-corrected chi connectivity index (χ0v) is 22.7. The molecule has 3 N–H and O–H groups in total. The minimum absolute atomic E-state index is 0.0503. The number of rotatable bonds is 4. The van der Waals surface area contributed by atoms with Gasteiger partial charge in [0.2, 0.25) is 0 Å². The molecule has 190 valence electrons. The highest BCUT2D eigenvalue weighted by Crippen LogP contribution is 2.75. The molecule has 4 rings (SSSR count). The zero-order chi connectivity index (χ0) is 24.6. The van der Waals surface area contributed by atoms with Gasteiger partial charge in [-0.05, 0) is 124 Å². The van der Waals surface area contributed by atoms with Crippen LogP contribution in [0.5, 0.6) is 0 Å². The van der Waals surface area contributed by atoms with Gasteiger partial charge >= 0.3 is 0 Å². The van der Waals surface area contributed by atoms with Crippen LogP contribution in [0.25, 0.3) is 0 Å². The number of aliphatic hydroxyl groups is 3.